The number of hydrogen-bond donors (Lipinski definition) is 2. The minimum Gasteiger partial charge on any atom is -0.478 e. The Morgan fingerprint density at radius 2 is 1.95 bits per heavy atom. The van der Waals surface area contributed by atoms with E-state index < -0.39 is 23.3 Å². The van der Waals surface area contributed by atoms with Gasteiger partial charge in [-0.2, -0.15) is 0 Å². The molecule has 0 aliphatic heterocycles. The first-order chi connectivity index (χ1) is 9.90. The SMILES string of the molecule is O=C(Nc1cccc(F)c1C(=O)O)c1cc(I)ccc1Br. The van der Waals surface area contributed by atoms with Crippen LogP contribution in [-0.2, 0) is 0 Å². The first-order valence-corrected chi connectivity index (χ1v) is 7.55. The van der Waals surface area contributed by atoms with Crippen LogP contribution in [0.5, 0.6) is 0 Å². The molecule has 0 fully saturated rings. The van der Waals surface area contributed by atoms with Gasteiger partial charge in [0.1, 0.15) is 11.4 Å². The summed E-state index contributed by atoms with van der Waals surface area (Å²) in [6.07, 6.45) is 0. The lowest BCUT2D eigenvalue weighted by Gasteiger charge is -2.10. The molecule has 2 aromatic rings. The van der Waals surface area contributed by atoms with Gasteiger partial charge in [0.2, 0.25) is 0 Å². The highest BCUT2D eigenvalue weighted by Gasteiger charge is 2.19. The van der Waals surface area contributed by atoms with Crippen LogP contribution in [0, 0.1) is 9.39 Å². The van der Waals surface area contributed by atoms with Crippen molar-refractivity contribution in [2.24, 2.45) is 0 Å². The van der Waals surface area contributed by atoms with E-state index in [1.54, 1.807) is 12.1 Å². The zero-order valence-corrected chi connectivity index (χ0v) is 14.1. The molecule has 0 aliphatic carbocycles. The Hall–Kier alpha value is -1.48. The number of carbonyl (C=O) groups excluding carboxylic acids is 1. The van der Waals surface area contributed by atoms with Gasteiger partial charge in [-0.15, -0.1) is 0 Å². The average Bonchev–Trinajstić information content (AvgIpc) is 2.41. The molecule has 0 saturated carbocycles. The van der Waals surface area contributed by atoms with Crippen LogP contribution in [0.1, 0.15) is 20.7 Å². The fraction of sp³-hybridized carbons (Fsp3) is 0. The van der Waals surface area contributed by atoms with Crippen molar-refractivity contribution < 1.29 is 19.1 Å². The minimum absolute atomic E-state index is 0.0849. The highest BCUT2D eigenvalue weighted by atomic mass is 127. The Labute approximate surface area is 141 Å². The molecule has 0 aromatic heterocycles. The third kappa shape index (κ3) is 3.59. The monoisotopic (exact) mass is 463 g/mol. The largest absolute Gasteiger partial charge is 0.478 e. The smallest absolute Gasteiger partial charge is 0.340 e. The molecular formula is C14H8BrFINO3. The van der Waals surface area contributed by atoms with Gasteiger partial charge in [0.05, 0.1) is 11.3 Å². The van der Waals surface area contributed by atoms with Gasteiger partial charge < -0.3 is 10.4 Å². The fourth-order valence-corrected chi connectivity index (χ4v) is 2.62. The zero-order valence-electron chi connectivity index (χ0n) is 10.4. The number of anilines is 1. The summed E-state index contributed by atoms with van der Waals surface area (Å²) < 4.78 is 15.0. The molecule has 0 unspecified atom stereocenters. The summed E-state index contributed by atoms with van der Waals surface area (Å²) >= 11 is 5.31. The maximum absolute atomic E-state index is 13.6. The van der Waals surface area contributed by atoms with Crippen LogP contribution in [0.3, 0.4) is 0 Å². The predicted octanol–water partition coefficient (Wildman–Crippen LogP) is 4.14. The number of amides is 1. The van der Waals surface area contributed by atoms with Gasteiger partial charge in [-0.1, -0.05) is 6.07 Å². The molecule has 0 saturated heterocycles. The molecule has 0 heterocycles. The zero-order chi connectivity index (χ0) is 15.6. The number of rotatable bonds is 3. The van der Waals surface area contributed by atoms with E-state index in [1.165, 1.54) is 12.1 Å². The molecule has 0 aliphatic rings. The minimum atomic E-state index is -1.44. The van der Waals surface area contributed by atoms with Crippen LogP contribution in [0.25, 0.3) is 0 Å². The summed E-state index contributed by atoms with van der Waals surface area (Å²) in [7, 11) is 0. The van der Waals surface area contributed by atoms with Gasteiger partial charge in [0, 0.05) is 8.04 Å². The number of benzene rings is 2. The number of carbonyl (C=O) groups is 2. The number of carboxylic acid groups (broad SMARTS) is 1. The highest BCUT2D eigenvalue weighted by Crippen LogP contribution is 2.23. The Balaban J connectivity index is 2.39. The maximum atomic E-state index is 13.6. The predicted molar refractivity (Wildman–Crippen MR) is 88.2 cm³/mol. The molecule has 1 amide bonds. The van der Waals surface area contributed by atoms with Crippen molar-refractivity contribution in [2.45, 2.75) is 0 Å². The molecular weight excluding hydrogens is 456 g/mol. The van der Waals surface area contributed by atoms with E-state index in [9.17, 15) is 14.0 Å². The van der Waals surface area contributed by atoms with E-state index in [-0.39, 0.29) is 5.69 Å². The lowest BCUT2D eigenvalue weighted by atomic mass is 10.1. The molecule has 2 N–H and O–H groups in total. The summed E-state index contributed by atoms with van der Waals surface area (Å²) in [5.74, 6) is -2.86. The summed E-state index contributed by atoms with van der Waals surface area (Å²) in [5, 5.41) is 11.5. The molecule has 2 aromatic carbocycles. The standard InChI is InChI=1S/C14H8BrFINO3/c15-9-5-4-7(17)6-8(9)13(19)18-11-3-1-2-10(16)12(11)14(20)21/h1-6H,(H,18,19)(H,20,21). The van der Waals surface area contributed by atoms with E-state index in [2.05, 4.69) is 43.8 Å². The van der Waals surface area contributed by atoms with Gasteiger partial charge in [-0.05, 0) is 68.9 Å². The normalized spacial score (nSPS) is 10.2. The van der Waals surface area contributed by atoms with Crippen molar-refractivity contribution in [3.05, 3.63) is 61.4 Å². The van der Waals surface area contributed by atoms with Gasteiger partial charge in [0.25, 0.3) is 5.91 Å². The van der Waals surface area contributed by atoms with Crippen molar-refractivity contribution in [2.75, 3.05) is 5.32 Å². The van der Waals surface area contributed by atoms with Crippen LogP contribution >= 0.6 is 38.5 Å². The van der Waals surface area contributed by atoms with Crippen molar-refractivity contribution in [3.63, 3.8) is 0 Å². The first kappa shape index (κ1) is 15.9. The molecule has 0 radical (unpaired) electrons. The first-order valence-electron chi connectivity index (χ1n) is 5.68. The second-order valence-electron chi connectivity index (χ2n) is 4.05. The quantitative estimate of drug-likeness (QED) is 0.672. The Bertz CT molecular complexity index is 736. The van der Waals surface area contributed by atoms with Gasteiger partial charge in [-0.3, -0.25) is 4.79 Å². The van der Waals surface area contributed by atoms with Gasteiger partial charge >= 0.3 is 5.97 Å². The Morgan fingerprint density at radius 1 is 1.24 bits per heavy atom. The molecule has 4 nitrogen and oxygen atoms in total. The topological polar surface area (TPSA) is 66.4 Å². The summed E-state index contributed by atoms with van der Waals surface area (Å²) in [4.78, 5) is 23.3. The second-order valence-corrected chi connectivity index (χ2v) is 6.15. The van der Waals surface area contributed by atoms with Crippen molar-refractivity contribution in [3.8, 4) is 0 Å². The highest BCUT2D eigenvalue weighted by molar-refractivity contribution is 14.1. The molecule has 2 rings (SSSR count). The number of aromatic carboxylic acids is 1. The van der Waals surface area contributed by atoms with E-state index in [0.717, 1.165) is 9.64 Å². The third-order valence-corrected chi connectivity index (χ3v) is 4.01. The van der Waals surface area contributed by atoms with Gasteiger partial charge in [0.15, 0.2) is 0 Å². The van der Waals surface area contributed by atoms with Crippen molar-refractivity contribution in [1.82, 2.24) is 0 Å². The number of carboxylic acids is 1. The summed E-state index contributed by atoms with van der Waals surface area (Å²) in [6, 6.07) is 8.86. The lowest BCUT2D eigenvalue weighted by molar-refractivity contribution is 0.0693. The number of nitrogens with one attached hydrogen (secondary N) is 1. The molecule has 0 bridgehead atoms. The van der Waals surface area contributed by atoms with E-state index >= 15 is 0 Å². The van der Waals surface area contributed by atoms with Crippen LogP contribution in [0.2, 0.25) is 0 Å². The second kappa shape index (κ2) is 6.52. The molecule has 7 heteroatoms. The van der Waals surface area contributed by atoms with E-state index in [4.69, 9.17) is 5.11 Å². The van der Waals surface area contributed by atoms with E-state index in [1.807, 2.05) is 6.07 Å². The summed E-state index contributed by atoms with van der Waals surface area (Å²) in [5.41, 5.74) is -0.312. The average molecular weight is 464 g/mol. The van der Waals surface area contributed by atoms with Crippen molar-refractivity contribution >= 4 is 56.1 Å². The van der Waals surface area contributed by atoms with Crippen LogP contribution in [0.4, 0.5) is 10.1 Å². The molecule has 108 valence electrons. The van der Waals surface area contributed by atoms with E-state index in [0.29, 0.717) is 10.0 Å². The van der Waals surface area contributed by atoms with Crippen molar-refractivity contribution in [1.29, 1.82) is 0 Å². The van der Waals surface area contributed by atoms with Crippen LogP contribution in [-0.4, -0.2) is 17.0 Å². The number of halogens is 3. The number of hydrogen-bond acceptors (Lipinski definition) is 2. The molecule has 21 heavy (non-hydrogen) atoms. The third-order valence-electron chi connectivity index (χ3n) is 2.65. The van der Waals surface area contributed by atoms with Crippen LogP contribution in [0.15, 0.2) is 40.9 Å². The van der Waals surface area contributed by atoms with Crippen LogP contribution < -0.4 is 5.32 Å². The molecule has 0 atom stereocenters. The van der Waals surface area contributed by atoms with Gasteiger partial charge in [-0.25, -0.2) is 9.18 Å². The maximum Gasteiger partial charge on any atom is 0.340 e. The molecule has 0 spiro atoms. The Morgan fingerprint density at radius 3 is 2.62 bits per heavy atom. The Kier molecular flexibility index (Phi) is 4.94. The summed E-state index contributed by atoms with van der Waals surface area (Å²) in [6.45, 7) is 0. The fourth-order valence-electron chi connectivity index (χ4n) is 1.71. The lowest BCUT2D eigenvalue weighted by Crippen LogP contribution is -2.16.